The van der Waals surface area contributed by atoms with E-state index in [4.69, 9.17) is 0 Å². The van der Waals surface area contributed by atoms with Crippen LogP contribution in [-0.4, -0.2) is 15.0 Å². The molecule has 0 bridgehead atoms. The Morgan fingerprint density at radius 1 is 0.314 bits per heavy atom. The first-order valence-electron chi connectivity index (χ1n) is 18.1. The largest absolute Gasteiger partial charge is 0.256 e. The quantitative estimate of drug-likeness (QED) is 0.131. The third kappa shape index (κ3) is 8.93. The summed E-state index contributed by atoms with van der Waals surface area (Å²) in [6.45, 7) is 6.22. The predicted molar refractivity (Wildman–Crippen MR) is 212 cm³/mol. The van der Waals surface area contributed by atoms with E-state index in [1.807, 2.05) is 18.6 Å². The highest BCUT2D eigenvalue weighted by Crippen LogP contribution is 2.24. The van der Waals surface area contributed by atoms with Gasteiger partial charge in [0.15, 0.2) is 0 Å². The smallest absolute Gasteiger partial charge is 0.0702 e. The standard InChI is InChI=1S/C48H45N3/c1-34-4-27-46(49-31-34)42-20-10-37(11-21-42)7-8-40-17-19-41(18-9-38-12-22-43(23-13-38)47-28-5-35(2)32-50-47)45(30-40)26-16-39-14-24-44(25-15-39)48-29-6-36(3)33-51-48/h4-6,10-15,17,19-25,27-33H,7-9,16,18,26H2,1-3H3. The molecule has 0 fully saturated rings. The van der Waals surface area contributed by atoms with Crippen molar-refractivity contribution in [3.8, 4) is 33.8 Å². The average molecular weight is 664 g/mol. The fraction of sp³-hybridized carbons (Fsp3) is 0.188. The van der Waals surface area contributed by atoms with Crippen molar-refractivity contribution in [2.75, 3.05) is 0 Å². The lowest BCUT2D eigenvalue weighted by Gasteiger charge is -2.14. The molecule has 0 aliphatic carbocycles. The Hall–Kier alpha value is -5.67. The highest BCUT2D eigenvalue weighted by atomic mass is 14.7. The lowest BCUT2D eigenvalue weighted by molar-refractivity contribution is 0.881. The Labute approximate surface area is 303 Å². The molecule has 0 saturated carbocycles. The minimum Gasteiger partial charge on any atom is -0.256 e. The van der Waals surface area contributed by atoms with Gasteiger partial charge in [-0.25, -0.2) is 0 Å². The van der Waals surface area contributed by atoms with Crippen LogP contribution in [0.4, 0.5) is 0 Å². The second-order valence-electron chi connectivity index (χ2n) is 13.9. The van der Waals surface area contributed by atoms with Crippen molar-refractivity contribution in [1.82, 2.24) is 15.0 Å². The molecule has 0 amide bonds. The van der Waals surface area contributed by atoms with Gasteiger partial charge in [0.25, 0.3) is 0 Å². The SMILES string of the molecule is Cc1ccc(-c2ccc(CCc3ccc(CCc4ccc(-c5ccc(C)cn5)cc4)c(CCc4ccc(-c5ccc(C)cn5)cc4)c3)cc2)nc1. The van der Waals surface area contributed by atoms with E-state index in [1.54, 1.807) is 0 Å². The fourth-order valence-corrected chi connectivity index (χ4v) is 6.60. The average Bonchev–Trinajstić information content (AvgIpc) is 3.17. The number of hydrogen-bond donors (Lipinski definition) is 0. The first-order chi connectivity index (χ1) is 24.9. The maximum Gasteiger partial charge on any atom is 0.0702 e. The molecule has 0 aliphatic heterocycles. The van der Waals surface area contributed by atoms with Crippen LogP contribution in [0.1, 0.15) is 50.1 Å². The Bertz CT molecular complexity index is 2160. The van der Waals surface area contributed by atoms with Crippen LogP contribution in [0.2, 0.25) is 0 Å². The second kappa shape index (κ2) is 15.9. The third-order valence-electron chi connectivity index (χ3n) is 9.82. The molecule has 0 unspecified atom stereocenters. The number of nitrogens with zero attached hydrogens (tertiary/aromatic N) is 3. The molecule has 3 aromatic heterocycles. The summed E-state index contributed by atoms with van der Waals surface area (Å²) < 4.78 is 0. The number of aryl methyl sites for hydroxylation is 9. The molecule has 3 heterocycles. The van der Waals surface area contributed by atoms with Crippen LogP contribution in [0, 0.1) is 20.8 Å². The van der Waals surface area contributed by atoms with Crippen LogP contribution in [-0.2, 0) is 38.5 Å². The van der Waals surface area contributed by atoms with Gasteiger partial charge >= 0.3 is 0 Å². The number of aromatic nitrogens is 3. The van der Waals surface area contributed by atoms with Crippen LogP contribution in [0.3, 0.4) is 0 Å². The molecule has 252 valence electrons. The number of benzene rings is 4. The summed E-state index contributed by atoms with van der Waals surface area (Å²) in [5.41, 5.74) is 18.4. The minimum absolute atomic E-state index is 1.00. The van der Waals surface area contributed by atoms with E-state index in [1.165, 1.54) is 50.1 Å². The third-order valence-corrected chi connectivity index (χ3v) is 9.82. The van der Waals surface area contributed by atoms with Gasteiger partial charge in [-0.1, -0.05) is 109 Å². The van der Waals surface area contributed by atoms with Gasteiger partial charge in [0.2, 0.25) is 0 Å². The Morgan fingerprint density at radius 2 is 0.647 bits per heavy atom. The molecule has 51 heavy (non-hydrogen) atoms. The number of pyridine rings is 3. The Morgan fingerprint density at radius 3 is 1.02 bits per heavy atom. The maximum absolute atomic E-state index is 4.62. The van der Waals surface area contributed by atoms with Gasteiger partial charge in [0, 0.05) is 35.3 Å². The van der Waals surface area contributed by atoms with Gasteiger partial charge in [0.05, 0.1) is 17.1 Å². The zero-order chi connectivity index (χ0) is 35.0. The van der Waals surface area contributed by atoms with Gasteiger partial charge in [-0.3, -0.25) is 15.0 Å². The van der Waals surface area contributed by atoms with Gasteiger partial charge < -0.3 is 0 Å². The Balaban J connectivity index is 1.04. The molecule has 3 nitrogen and oxygen atoms in total. The predicted octanol–water partition coefficient (Wildman–Crippen LogP) is 11.2. The lowest BCUT2D eigenvalue weighted by atomic mass is 9.92. The van der Waals surface area contributed by atoms with Gasteiger partial charge in [0.1, 0.15) is 0 Å². The summed E-state index contributed by atoms with van der Waals surface area (Å²) in [6.07, 6.45) is 11.9. The van der Waals surface area contributed by atoms with E-state index in [9.17, 15) is 0 Å². The molecular weight excluding hydrogens is 619 g/mol. The van der Waals surface area contributed by atoms with E-state index < -0.39 is 0 Å². The number of hydrogen-bond acceptors (Lipinski definition) is 3. The summed E-state index contributed by atoms with van der Waals surface area (Å²) in [7, 11) is 0. The molecule has 3 heteroatoms. The normalized spacial score (nSPS) is 11.1. The molecule has 0 N–H and O–H groups in total. The lowest BCUT2D eigenvalue weighted by Crippen LogP contribution is -2.02. The summed E-state index contributed by atoms with van der Waals surface area (Å²) >= 11 is 0. The first-order valence-corrected chi connectivity index (χ1v) is 18.1. The molecule has 7 rings (SSSR count). The molecule has 7 aromatic rings. The highest BCUT2D eigenvalue weighted by molar-refractivity contribution is 5.61. The first kappa shape index (κ1) is 33.8. The van der Waals surface area contributed by atoms with Crippen LogP contribution >= 0.6 is 0 Å². The minimum atomic E-state index is 1.00. The van der Waals surface area contributed by atoms with Crippen LogP contribution in [0.15, 0.2) is 146 Å². The number of rotatable bonds is 12. The van der Waals surface area contributed by atoms with E-state index in [-0.39, 0.29) is 0 Å². The van der Waals surface area contributed by atoms with E-state index >= 15 is 0 Å². The fourth-order valence-electron chi connectivity index (χ4n) is 6.60. The zero-order valence-electron chi connectivity index (χ0n) is 29.9. The molecule has 0 radical (unpaired) electrons. The van der Waals surface area contributed by atoms with Crippen molar-refractivity contribution in [3.63, 3.8) is 0 Å². The van der Waals surface area contributed by atoms with Crippen LogP contribution < -0.4 is 0 Å². The molecule has 4 aromatic carbocycles. The molecule has 0 aliphatic rings. The van der Waals surface area contributed by atoms with E-state index in [0.29, 0.717) is 0 Å². The van der Waals surface area contributed by atoms with Crippen molar-refractivity contribution in [2.24, 2.45) is 0 Å². The summed E-state index contributed by atoms with van der Waals surface area (Å²) in [5, 5.41) is 0. The zero-order valence-corrected chi connectivity index (χ0v) is 29.9. The molecule has 0 saturated heterocycles. The van der Waals surface area contributed by atoms with Gasteiger partial charge in [-0.15, -0.1) is 0 Å². The van der Waals surface area contributed by atoms with Crippen LogP contribution in [0.25, 0.3) is 33.8 Å². The molecule has 0 spiro atoms. The topological polar surface area (TPSA) is 38.7 Å². The summed E-state index contributed by atoms with van der Waals surface area (Å²) in [5.74, 6) is 0. The maximum atomic E-state index is 4.62. The van der Waals surface area contributed by atoms with Crippen molar-refractivity contribution in [1.29, 1.82) is 0 Å². The Kier molecular flexibility index (Phi) is 10.5. The van der Waals surface area contributed by atoms with Crippen molar-refractivity contribution >= 4 is 0 Å². The van der Waals surface area contributed by atoms with Crippen molar-refractivity contribution in [3.05, 3.63) is 196 Å². The molecule has 0 atom stereocenters. The summed E-state index contributed by atoms with van der Waals surface area (Å²) in [6, 6.07) is 46.6. The molecular formula is C48H45N3. The second-order valence-corrected chi connectivity index (χ2v) is 13.9. The summed E-state index contributed by atoms with van der Waals surface area (Å²) in [4.78, 5) is 13.8. The van der Waals surface area contributed by atoms with Crippen molar-refractivity contribution in [2.45, 2.75) is 59.3 Å². The highest BCUT2D eigenvalue weighted by Gasteiger charge is 2.09. The monoisotopic (exact) mass is 663 g/mol. The van der Waals surface area contributed by atoms with E-state index in [0.717, 1.165) is 72.3 Å². The van der Waals surface area contributed by atoms with E-state index in [2.05, 4.69) is 163 Å². The van der Waals surface area contributed by atoms with Crippen LogP contribution in [0.5, 0.6) is 0 Å². The van der Waals surface area contributed by atoms with Gasteiger partial charge in [-0.2, -0.15) is 0 Å². The van der Waals surface area contributed by atoms with Gasteiger partial charge in [-0.05, 0) is 128 Å². The van der Waals surface area contributed by atoms with Crippen molar-refractivity contribution < 1.29 is 0 Å².